The van der Waals surface area contributed by atoms with Crippen molar-refractivity contribution < 1.29 is 19.0 Å². The molecule has 0 saturated heterocycles. The Bertz CT molecular complexity index is 1290. The number of carbonyl (C=O) groups excluding carboxylic acids is 1. The topological polar surface area (TPSA) is 88.1 Å². The number of fused-ring (bicyclic) bond motifs is 1. The fourth-order valence-corrected chi connectivity index (χ4v) is 3.37. The average molecular weight is 401 g/mol. The minimum absolute atomic E-state index is 0.0388. The van der Waals surface area contributed by atoms with Crippen molar-refractivity contribution in [3.63, 3.8) is 0 Å². The van der Waals surface area contributed by atoms with Gasteiger partial charge in [0.15, 0.2) is 17.1 Å². The molecule has 0 bridgehead atoms. The minimum Gasteiger partial charge on any atom is -0.505 e. The summed E-state index contributed by atoms with van der Waals surface area (Å²) in [5, 5.41) is 20.8. The van der Waals surface area contributed by atoms with E-state index >= 15 is 0 Å². The molecular formula is C23H16FN3O3. The molecule has 1 N–H and O–H groups in total. The molecule has 0 aliphatic rings. The number of nitrogens with zero attached hydrogens (tertiary/aromatic N) is 3. The molecule has 2 aromatic heterocycles. The van der Waals surface area contributed by atoms with Gasteiger partial charge in [-0.1, -0.05) is 18.2 Å². The highest BCUT2D eigenvalue weighted by Crippen LogP contribution is 2.38. The van der Waals surface area contributed by atoms with Crippen LogP contribution in [-0.2, 0) is 4.74 Å². The Kier molecular flexibility index (Phi) is 4.90. The predicted octanol–water partition coefficient (Wildman–Crippen LogP) is 4.59. The average Bonchev–Trinajstić information content (AvgIpc) is 3.16. The number of pyridine rings is 1. The van der Waals surface area contributed by atoms with Gasteiger partial charge in [-0.05, 0) is 55.0 Å². The van der Waals surface area contributed by atoms with Gasteiger partial charge >= 0.3 is 5.97 Å². The lowest BCUT2D eigenvalue weighted by Crippen LogP contribution is -2.09. The third kappa shape index (κ3) is 3.14. The van der Waals surface area contributed by atoms with E-state index in [1.807, 2.05) is 36.4 Å². The van der Waals surface area contributed by atoms with Crippen LogP contribution in [-0.4, -0.2) is 27.2 Å². The molecule has 0 aliphatic heterocycles. The Hall–Kier alpha value is -4.18. The van der Waals surface area contributed by atoms with Gasteiger partial charge < -0.3 is 14.4 Å². The van der Waals surface area contributed by atoms with Crippen molar-refractivity contribution >= 4 is 16.9 Å². The molecular weight excluding hydrogens is 385 g/mol. The predicted molar refractivity (Wildman–Crippen MR) is 109 cm³/mol. The lowest BCUT2D eigenvalue weighted by atomic mass is 10.1. The smallest absolute Gasteiger partial charge is 0.360 e. The van der Waals surface area contributed by atoms with Crippen LogP contribution in [0.3, 0.4) is 0 Å². The van der Waals surface area contributed by atoms with E-state index in [-0.39, 0.29) is 34.9 Å². The van der Waals surface area contributed by atoms with E-state index in [4.69, 9.17) is 4.74 Å². The molecule has 4 rings (SSSR count). The van der Waals surface area contributed by atoms with Gasteiger partial charge in [-0.3, -0.25) is 0 Å². The second-order valence-electron chi connectivity index (χ2n) is 6.46. The molecule has 0 spiro atoms. The number of hydrogen-bond donors (Lipinski definition) is 1. The maximum Gasteiger partial charge on any atom is 0.360 e. The van der Waals surface area contributed by atoms with Crippen molar-refractivity contribution in [1.82, 2.24) is 9.55 Å². The SMILES string of the molecule is CCOC(=O)c1nc(C#N)c2c(cc(-c3ccc(F)cc3)n2-c2ccccc2)c1O. The van der Waals surface area contributed by atoms with Gasteiger partial charge in [0.2, 0.25) is 0 Å². The molecule has 148 valence electrons. The van der Waals surface area contributed by atoms with Crippen molar-refractivity contribution in [2.75, 3.05) is 6.61 Å². The lowest BCUT2D eigenvalue weighted by Gasteiger charge is -2.12. The van der Waals surface area contributed by atoms with Crippen LogP contribution in [0.25, 0.3) is 27.8 Å². The summed E-state index contributed by atoms with van der Waals surface area (Å²) >= 11 is 0. The molecule has 4 aromatic rings. The number of rotatable bonds is 4. The normalized spacial score (nSPS) is 10.7. The summed E-state index contributed by atoms with van der Waals surface area (Å²) in [4.78, 5) is 16.3. The first-order valence-corrected chi connectivity index (χ1v) is 9.22. The fourth-order valence-electron chi connectivity index (χ4n) is 3.37. The lowest BCUT2D eigenvalue weighted by molar-refractivity contribution is 0.0516. The Morgan fingerprint density at radius 3 is 2.53 bits per heavy atom. The summed E-state index contributed by atoms with van der Waals surface area (Å²) in [7, 11) is 0. The highest BCUT2D eigenvalue weighted by atomic mass is 19.1. The number of esters is 1. The maximum atomic E-state index is 13.5. The van der Waals surface area contributed by atoms with Gasteiger partial charge in [-0.15, -0.1) is 0 Å². The van der Waals surface area contributed by atoms with E-state index in [9.17, 15) is 19.6 Å². The molecule has 30 heavy (non-hydrogen) atoms. The van der Waals surface area contributed by atoms with Crippen LogP contribution in [0.1, 0.15) is 23.1 Å². The summed E-state index contributed by atoms with van der Waals surface area (Å²) in [5.41, 5.74) is 1.96. The molecule has 0 aliphatic carbocycles. The number of para-hydroxylation sites is 1. The molecule has 0 radical (unpaired) electrons. The molecule has 0 saturated carbocycles. The van der Waals surface area contributed by atoms with Gasteiger partial charge in [0.25, 0.3) is 0 Å². The Morgan fingerprint density at radius 1 is 1.20 bits per heavy atom. The van der Waals surface area contributed by atoms with Gasteiger partial charge in [-0.25, -0.2) is 14.2 Å². The zero-order valence-electron chi connectivity index (χ0n) is 16.0. The highest BCUT2D eigenvalue weighted by Gasteiger charge is 2.25. The Labute approximate surface area is 171 Å². The van der Waals surface area contributed by atoms with Gasteiger partial charge in [-0.2, -0.15) is 5.26 Å². The largest absolute Gasteiger partial charge is 0.505 e. The number of aromatic nitrogens is 2. The molecule has 0 unspecified atom stereocenters. The molecule has 7 heteroatoms. The van der Waals surface area contributed by atoms with E-state index in [1.165, 1.54) is 12.1 Å². The number of ether oxygens (including phenoxy) is 1. The van der Waals surface area contributed by atoms with Gasteiger partial charge in [0, 0.05) is 11.1 Å². The van der Waals surface area contributed by atoms with Crippen LogP contribution in [0, 0.1) is 17.1 Å². The third-order valence-electron chi connectivity index (χ3n) is 4.66. The van der Waals surface area contributed by atoms with Gasteiger partial charge in [0.05, 0.1) is 17.8 Å². The summed E-state index contributed by atoms with van der Waals surface area (Å²) in [6.45, 7) is 1.74. The second-order valence-corrected chi connectivity index (χ2v) is 6.46. The molecule has 2 heterocycles. The summed E-state index contributed by atoms with van der Waals surface area (Å²) < 4.78 is 20.2. The Morgan fingerprint density at radius 2 is 1.90 bits per heavy atom. The molecule has 0 fully saturated rings. The van der Waals surface area contributed by atoms with E-state index in [2.05, 4.69) is 4.98 Å². The molecule has 0 amide bonds. The quantitative estimate of drug-likeness (QED) is 0.506. The van der Waals surface area contributed by atoms with Crippen LogP contribution < -0.4 is 0 Å². The summed E-state index contributed by atoms with van der Waals surface area (Å²) in [5.74, 6) is -1.57. The first-order chi connectivity index (χ1) is 14.5. The standard InChI is InChI=1S/C23H16FN3O3/c1-2-30-23(29)20-22(28)17-12-19(14-8-10-15(24)11-9-14)27(16-6-4-3-5-7-16)21(17)18(13-25)26-20/h3-12,28H,2H2,1H3. The number of aromatic hydroxyl groups is 1. The van der Waals surface area contributed by atoms with E-state index in [0.717, 1.165) is 0 Å². The third-order valence-corrected chi connectivity index (χ3v) is 4.66. The summed E-state index contributed by atoms with van der Waals surface area (Å²) in [6, 6.07) is 18.7. The number of hydrogen-bond acceptors (Lipinski definition) is 5. The number of nitriles is 1. The maximum absolute atomic E-state index is 13.5. The first-order valence-electron chi connectivity index (χ1n) is 9.22. The van der Waals surface area contributed by atoms with Crippen LogP contribution in [0.2, 0.25) is 0 Å². The Balaban J connectivity index is 2.11. The van der Waals surface area contributed by atoms with Crippen LogP contribution in [0.4, 0.5) is 4.39 Å². The summed E-state index contributed by atoms with van der Waals surface area (Å²) in [6.07, 6.45) is 0. The molecule has 6 nitrogen and oxygen atoms in total. The molecule has 2 aromatic carbocycles. The zero-order chi connectivity index (χ0) is 21.3. The van der Waals surface area contributed by atoms with Crippen molar-refractivity contribution in [2.45, 2.75) is 6.92 Å². The number of benzene rings is 2. The van der Waals surface area contributed by atoms with E-state index < -0.39 is 5.97 Å². The van der Waals surface area contributed by atoms with Crippen molar-refractivity contribution in [1.29, 1.82) is 5.26 Å². The fraction of sp³-hybridized carbons (Fsp3) is 0.0870. The van der Waals surface area contributed by atoms with Crippen LogP contribution in [0.5, 0.6) is 5.75 Å². The van der Waals surface area contributed by atoms with Crippen molar-refractivity contribution in [3.05, 3.63) is 77.9 Å². The minimum atomic E-state index is -0.816. The number of carbonyl (C=O) groups is 1. The first kappa shape index (κ1) is 19.2. The number of halogens is 1. The van der Waals surface area contributed by atoms with Crippen LogP contribution in [0.15, 0.2) is 60.7 Å². The van der Waals surface area contributed by atoms with Crippen LogP contribution >= 0.6 is 0 Å². The van der Waals surface area contributed by atoms with Crippen molar-refractivity contribution in [3.8, 4) is 28.8 Å². The van der Waals surface area contributed by atoms with E-state index in [1.54, 1.807) is 29.7 Å². The van der Waals surface area contributed by atoms with Crippen molar-refractivity contribution in [2.24, 2.45) is 0 Å². The zero-order valence-corrected chi connectivity index (χ0v) is 16.0. The highest BCUT2D eigenvalue weighted by molar-refractivity contribution is 6.02. The van der Waals surface area contributed by atoms with E-state index in [0.29, 0.717) is 22.5 Å². The monoisotopic (exact) mass is 401 g/mol. The van der Waals surface area contributed by atoms with Gasteiger partial charge in [0.1, 0.15) is 11.9 Å². The molecule has 0 atom stereocenters. The second kappa shape index (κ2) is 7.68.